The largest absolute Gasteiger partial charge is 0.508 e. The van der Waals surface area contributed by atoms with E-state index in [9.17, 15) is 22.3 Å². The predicted molar refractivity (Wildman–Crippen MR) is 65.3 cm³/mol. The number of sulfonamides is 1. The fourth-order valence-electron chi connectivity index (χ4n) is 1.48. The van der Waals surface area contributed by atoms with Gasteiger partial charge in [-0.3, -0.25) is 4.72 Å². The maximum Gasteiger partial charge on any atom is 0.262 e. The minimum Gasteiger partial charge on any atom is -0.508 e. The van der Waals surface area contributed by atoms with E-state index >= 15 is 0 Å². The summed E-state index contributed by atoms with van der Waals surface area (Å²) in [5.41, 5.74) is -0.235. The van der Waals surface area contributed by atoms with Crippen LogP contribution in [0.2, 0.25) is 0 Å². The van der Waals surface area contributed by atoms with Crippen molar-refractivity contribution in [3.05, 3.63) is 54.1 Å². The molecular weight excluding hydrogens is 276 g/mol. The van der Waals surface area contributed by atoms with E-state index in [4.69, 9.17) is 0 Å². The molecule has 2 aromatic rings. The molecule has 0 aliphatic carbocycles. The topological polar surface area (TPSA) is 66.4 Å². The molecule has 0 aliphatic heterocycles. The zero-order chi connectivity index (χ0) is 14.0. The van der Waals surface area contributed by atoms with E-state index in [-0.39, 0.29) is 16.3 Å². The van der Waals surface area contributed by atoms with Crippen LogP contribution in [-0.2, 0) is 10.0 Å². The zero-order valence-electron chi connectivity index (χ0n) is 9.47. The number of aromatic hydroxyl groups is 1. The summed E-state index contributed by atoms with van der Waals surface area (Å²) in [7, 11) is -4.01. The van der Waals surface area contributed by atoms with E-state index in [1.807, 2.05) is 4.72 Å². The lowest BCUT2D eigenvalue weighted by Gasteiger charge is -2.08. The second-order valence-corrected chi connectivity index (χ2v) is 5.44. The number of hydrogen-bond acceptors (Lipinski definition) is 3. The molecule has 0 aromatic heterocycles. The fraction of sp³-hybridized carbons (Fsp3) is 0. The van der Waals surface area contributed by atoms with Crippen molar-refractivity contribution in [1.82, 2.24) is 0 Å². The van der Waals surface area contributed by atoms with E-state index in [1.54, 1.807) is 0 Å². The second kappa shape index (κ2) is 4.85. The van der Waals surface area contributed by atoms with Crippen LogP contribution < -0.4 is 4.72 Å². The zero-order valence-corrected chi connectivity index (χ0v) is 10.3. The number of phenolic OH excluding ortho intramolecular Hbond substituents is 1. The van der Waals surface area contributed by atoms with Crippen molar-refractivity contribution in [1.29, 1.82) is 0 Å². The number of halogens is 2. The van der Waals surface area contributed by atoms with Gasteiger partial charge in [0.2, 0.25) is 0 Å². The molecule has 0 radical (unpaired) electrons. The van der Waals surface area contributed by atoms with Gasteiger partial charge in [-0.2, -0.15) is 0 Å². The first-order valence-corrected chi connectivity index (χ1v) is 6.63. The smallest absolute Gasteiger partial charge is 0.262 e. The van der Waals surface area contributed by atoms with Crippen molar-refractivity contribution in [2.75, 3.05) is 4.72 Å². The molecule has 100 valence electrons. The van der Waals surface area contributed by atoms with Crippen LogP contribution in [-0.4, -0.2) is 13.5 Å². The van der Waals surface area contributed by atoms with Crippen molar-refractivity contribution in [3.8, 4) is 5.75 Å². The van der Waals surface area contributed by atoms with E-state index in [0.717, 1.165) is 18.2 Å². The molecule has 0 saturated carbocycles. The first kappa shape index (κ1) is 13.3. The van der Waals surface area contributed by atoms with E-state index in [1.165, 1.54) is 18.2 Å². The van der Waals surface area contributed by atoms with Crippen LogP contribution in [0.5, 0.6) is 5.75 Å². The highest BCUT2D eigenvalue weighted by molar-refractivity contribution is 7.92. The van der Waals surface area contributed by atoms with Crippen LogP contribution in [0, 0.1) is 11.6 Å². The Bertz CT molecular complexity index is 696. The molecule has 19 heavy (non-hydrogen) atoms. The van der Waals surface area contributed by atoms with Gasteiger partial charge in [-0.1, -0.05) is 6.07 Å². The van der Waals surface area contributed by atoms with Crippen molar-refractivity contribution in [3.63, 3.8) is 0 Å². The van der Waals surface area contributed by atoms with Gasteiger partial charge in [0, 0.05) is 12.1 Å². The monoisotopic (exact) mass is 285 g/mol. The lowest BCUT2D eigenvalue weighted by molar-refractivity contribution is 0.473. The molecule has 0 saturated heterocycles. The third kappa shape index (κ3) is 3.19. The molecule has 2 rings (SSSR count). The van der Waals surface area contributed by atoms with Gasteiger partial charge in [0.05, 0.1) is 10.6 Å². The van der Waals surface area contributed by atoms with Crippen LogP contribution in [0.15, 0.2) is 47.4 Å². The maximum atomic E-state index is 13.0. The van der Waals surface area contributed by atoms with Crippen LogP contribution in [0.25, 0.3) is 0 Å². The summed E-state index contributed by atoms with van der Waals surface area (Å²) in [5.74, 6) is -2.02. The first-order chi connectivity index (χ1) is 8.87. The Hall–Kier alpha value is -2.15. The Labute approximate surface area is 108 Å². The quantitative estimate of drug-likeness (QED) is 0.910. The van der Waals surface area contributed by atoms with Crippen LogP contribution in [0.4, 0.5) is 14.5 Å². The van der Waals surface area contributed by atoms with Crippen molar-refractivity contribution >= 4 is 15.7 Å². The highest BCUT2D eigenvalue weighted by atomic mass is 32.2. The van der Waals surface area contributed by atoms with E-state index in [2.05, 4.69) is 0 Å². The van der Waals surface area contributed by atoms with Crippen molar-refractivity contribution in [2.45, 2.75) is 4.90 Å². The minimum absolute atomic E-state index is 0.211. The third-order valence-electron chi connectivity index (χ3n) is 2.24. The van der Waals surface area contributed by atoms with Crippen LogP contribution >= 0.6 is 0 Å². The van der Waals surface area contributed by atoms with Gasteiger partial charge in [-0.05, 0) is 24.3 Å². The Balaban J connectivity index is 2.36. The van der Waals surface area contributed by atoms with Gasteiger partial charge in [0.15, 0.2) is 0 Å². The number of rotatable bonds is 3. The molecule has 0 fully saturated rings. The lowest BCUT2D eigenvalue weighted by atomic mass is 10.3. The number of nitrogens with one attached hydrogen (secondary N) is 1. The maximum absolute atomic E-state index is 13.0. The second-order valence-electron chi connectivity index (χ2n) is 3.76. The molecule has 0 spiro atoms. The number of anilines is 1. The SMILES string of the molecule is O=S(=O)(Nc1cc(F)cc(F)c1)c1cccc(O)c1. The summed E-state index contributed by atoms with van der Waals surface area (Å²) in [6.07, 6.45) is 0. The highest BCUT2D eigenvalue weighted by Gasteiger charge is 2.15. The molecule has 0 unspecified atom stereocenters. The first-order valence-electron chi connectivity index (χ1n) is 5.15. The minimum atomic E-state index is -4.01. The third-order valence-corrected chi connectivity index (χ3v) is 3.62. The standard InChI is InChI=1S/C12H9F2NO3S/c13-8-4-9(14)6-10(5-8)15-19(17,18)12-3-1-2-11(16)7-12/h1-7,15-16H. The fourth-order valence-corrected chi connectivity index (χ4v) is 2.56. The van der Waals surface area contributed by atoms with Crippen LogP contribution in [0.1, 0.15) is 0 Å². The number of hydrogen-bond donors (Lipinski definition) is 2. The molecule has 0 aliphatic rings. The molecular formula is C12H9F2NO3S. The summed E-state index contributed by atoms with van der Waals surface area (Å²) >= 11 is 0. The summed E-state index contributed by atoms with van der Waals surface area (Å²) in [6.45, 7) is 0. The molecule has 0 bridgehead atoms. The van der Waals surface area contributed by atoms with E-state index < -0.39 is 21.7 Å². The van der Waals surface area contributed by atoms with Gasteiger partial charge in [0.25, 0.3) is 10.0 Å². The average molecular weight is 285 g/mol. The summed E-state index contributed by atoms with van der Waals surface area (Å²) in [4.78, 5) is -0.211. The number of benzene rings is 2. The van der Waals surface area contributed by atoms with E-state index in [0.29, 0.717) is 6.07 Å². The molecule has 2 aromatic carbocycles. The Morgan fingerprint density at radius 1 is 1.00 bits per heavy atom. The van der Waals surface area contributed by atoms with Crippen LogP contribution in [0.3, 0.4) is 0 Å². The van der Waals surface area contributed by atoms with Gasteiger partial charge < -0.3 is 5.11 Å². The Morgan fingerprint density at radius 3 is 2.21 bits per heavy atom. The molecule has 2 N–H and O–H groups in total. The van der Waals surface area contributed by atoms with Gasteiger partial charge in [-0.15, -0.1) is 0 Å². The summed E-state index contributed by atoms with van der Waals surface area (Å²) < 4.78 is 51.8. The number of phenols is 1. The Kier molecular flexibility index (Phi) is 3.39. The molecule has 0 atom stereocenters. The normalized spacial score (nSPS) is 11.3. The Morgan fingerprint density at radius 2 is 1.63 bits per heavy atom. The summed E-state index contributed by atoms with van der Waals surface area (Å²) in [5, 5.41) is 9.22. The predicted octanol–water partition coefficient (Wildman–Crippen LogP) is 2.47. The average Bonchev–Trinajstić information content (AvgIpc) is 2.26. The molecule has 7 heteroatoms. The summed E-state index contributed by atoms with van der Waals surface area (Å²) in [6, 6.07) is 7.26. The molecule has 0 heterocycles. The lowest BCUT2D eigenvalue weighted by Crippen LogP contribution is -2.13. The van der Waals surface area contributed by atoms with Crippen molar-refractivity contribution < 1.29 is 22.3 Å². The van der Waals surface area contributed by atoms with Gasteiger partial charge >= 0.3 is 0 Å². The van der Waals surface area contributed by atoms with Gasteiger partial charge in [-0.25, -0.2) is 17.2 Å². The molecule has 0 amide bonds. The van der Waals surface area contributed by atoms with Gasteiger partial charge in [0.1, 0.15) is 17.4 Å². The molecule has 4 nitrogen and oxygen atoms in total. The highest BCUT2D eigenvalue weighted by Crippen LogP contribution is 2.20. The van der Waals surface area contributed by atoms with Crippen molar-refractivity contribution in [2.24, 2.45) is 0 Å².